The SMILES string of the molecule is O=C(c1ccc(F)c(S(=O)(=O)N2CCCCC2)c1)N1CCC[C@@H]1c1nc2ccccc2[nH]1. The van der Waals surface area contributed by atoms with E-state index >= 15 is 0 Å². The Hall–Kier alpha value is -2.78. The number of likely N-dealkylation sites (tertiary alicyclic amines) is 1. The lowest BCUT2D eigenvalue weighted by molar-refractivity contribution is 0.0730. The van der Waals surface area contributed by atoms with Crippen molar-refractivity contribution < 1.29 is 17.6 Å². The zero-order valence-electron chi connectivity index (χ0n) is 17.6. The molecule has 1 aromatic heterocycles. The average Bonchev–Trinajstić information content (AvgIpc) is 3.46. The number of halogens is 1. The van der Waals surface area contributed by atoms with Crippen molar-refractivity contribution >= 4 is 27.0 Å². The minimum absolute atomic E-state index is 0.171. The number of imidazole rings is 1. The lowest BCUT2D eigenvalue weighted by atomic mass is 10.1. The van der Waals surface area contributed by atoms with Crippen molar-refractivity contribution in [1.82, 2.24) is 19.2 Å². The number of benzene rings is 2. The quantitative estimate of drug-likeness (QED) is 0.646. The maximum atomic E-state index is 14.6. The van der Waals surface area contributed by atoms with Crippen molar-refractivity contribution in [2.75, 3.05) is 19.6 Å². The average molecular weight is 457 g/mol. The van der Waals surface area contributed by atoms with Crippen molar-refractivity contribution in [3.05, 3.63) is 59.7 Å². The zero-order valence-corrected chi connectivity index (χ0v) is 18.4. The topological polar surface area (TPSA) is 86.4 Å². The molecule has 168 valence electrons. The Morgan fingerprint density at radius 3 is 2.59 bits per heavy atom. The van der Waals surface area contributed by atoms with Crippen molar-refractivity contribution in [1.29, 1.82) is 0 Å². The van der Waals surface area contributed by atoms with Gasteiger partial charge in [-0.15, -0.1) is 0 Å². The molecular formula is C23H25FN4O3S. The third-order valence-corrected chi connectivity index (χ3v) is 8.26. The van der Waals surface area contributed by atoms with Gasteiger partial charge in [0.15, 0.2) is 0 Å². The fourth-order valence-corrected chi connectivity index (χ4v) is 6.28. The molecule has 5 rings (SSSR count). The number of nitrogens with one attached hydrogen (secondary N) is 1. The second-order valence-corrected chi connectivity index (χ2v) is 10.3. The molecule has 3 aromatic rings. The Morgan fingerprint density at radius 2 is 1.81 bits per heavy atom. The van der Waals surface area contributed by atoms with Crippen LogP contribution in [0.3, 0.4) is 0 Å². The number of nitrogens with zero attached hydrogens (tertiary/aromatic N) is 3. The molecule has 0 unspecified atom stereocenters. The fraction of sp³-hybridized carbons (Fsp3) is 0.391. The van der Waals surface area contributed by atoms with Crippen LogP contribution in [0.15, 0.2) is 47.4 Å². The first-order valence-corrected chi connectivity index (χ1v) is 12.4. The molecule has 1 N–H and O–H groups in total. The molecule has 0 bridgehead atoms. The first-order chi connectivity index (χ1) is 15.4. The number of piperidine rings is 1. The number of amides is 1. The van der Waals surface area contributed by atoms with Crippen LogP contribution in [-0.4, -0.2) is 53.1 Å². The summed E-state index contributed by atoms with van der Waals surface area (Å²) < 4.78 is 42.0. The molecule has 2 saturated heterocycles. The van der Waals surface area contributed by atoms with Gasteiger partial charge in [0.1, 0.15) is 16.5 Å². The summed E-state index contributed by atoms with van der Waals surface area (Å²) in [6.45, 7) is 1.28. The van der Waals surface area contributed by atoms with Gasteiger partial charge in [0.25, 0.3) is 5.91 Å². The summed E-state index contributed by atoms with van der Waals surface area (Å²) in [6, 6.07) is 11.1. The van der Waals surface area contributed by atoms with Gasteiger partial charge in [0.2, 0.25) is 10.0 Å². The van der Waals surface area contributed by atoms with E-state index in [1.807, 2.05) is 24.3 Å². The van der Waals surface area contributed by atoms with Crippen LogP contribution < -0.4 is 0 Å². The lowest BCUT2D eigenvalue weighted by Gasteiger charge is -2.27. The van der Waals surface area contributed by atoms with Gasteiger partial charge in [-0.05, 0) is 56.0 Å². The second-order valence-electron chi connectivity index (χ2n) is 8.41. The maximum absolute atomic E-state index is 14.6. The summed E-state index contributed by atoms with van der Waals surface area (Å²) in [5.74, 6) is -0.439. The fourth-order valence-electron chi connectivity index (χ4n) is 4.67. The number of carbonyl (C=O) groups is 1. The van der Waals surface area contributed by atoms with Crippen molar-refractivity contribution in [3.8, 4) is 0 Å². The number of fused-ring (bicyclic) bond motifs is 1. The molecule has 0 radical (unpaired) electrons. The number of aromatic amines is 1. The number of para-hydroxylation sites is 2. The first-order valence-electron chi connectivity index (χ1n) is 11.0. The Bertz CT molecular complexity index is 1230. The molecule has 9 heteroatoms. The van der Waals surface area contributed by atoms with E-state index in [0.29, 0.717) is 25.5 Å². The van der Waals surface area contributed by atoms with Crippen LogP contribution in [0.25, 0.3) is 11.0 Å². The van der Waals surface area contributed by atoms with Gasteiger partial charge in [-0.1, -0.05) is 18.6 Å². The molecule has 2 fully saturated rings. The molecular weight excluding hydrogens is 431 g/mol. The van der Waals surface area contributed by atoms with E-state index in [2.05, 4.69) is 9.97 Å². The number of aromatic nitrogens is 2. The summed E-state index contributed by atoms with van der Waals surface area (Å²) in [5.41, 5.74) is 1.90. The first kappa shape index (κ1) is 21.1. The van der Waals surface area contributed by atoms with Gasteiger partial charge >= 0.3 is 0 Å². The van der Waals surface area contributed by atoms with Crippen molar-refractivity contribution in [3.63, 3.8) is 0 Å². The highest BCUT2D eigenvalue weighted by Gasteiger charge is 2.34. The molecule has 3 heterocycles. The molecule has 0 aliphatic carbocycles. The minimum atomic E-state index is -3.99. The van der Waals surface area contributed by atoms with Crippen LogP contribution in [0.4, 0.5) is 4.39 Å². The van der Waals surface area contributed by atoms with Crippen LogP contribution in [-0.2, 0) is 10.0 Å². The number of H-pyrrole nitrogens is 1. The molecule has 2 aliphatic rings. The number of sulfonamides is 1. The summed E-state index contributed by atoms with van der Waals surface area (Å²) in [5, 5.41) is 0. The van der Waals surface area contributed by atoms with Crippen LogP contribution >= 0.6 is 0 Å². The van der Waals surface area contributed by atoms with Crippen LogP contribution in [0.2, 0.25) is 0 Å². The van der Waals surface area contributed by atoms with Crippen molar-refractivity contribution in [2.45, 2.75) is 43.0 Å². The molecule has 32 heavy (non-hydrogen) atoms. The Balaban J connectivity index is 1.45. The third kappa shape index (κ3) is 3.69. The van der Waals surface area contributed by atoms with Gasteiger partial charge in [-0.3, -0.25) is 4.79 Å². The number of hydrogen-bond donors (Lipinski definition) is 1. The Labute approximate surface area is 186 Å². The number of carbonyl (C=O) groups excluding carboxylic acids is 1. The Kier molecular flexibility index (Phi) is 5.46. The largest absolute Gasteiger partial charge is 0.340 e. The molecule has 0 saturated carbocycles. The predicted molar refractivity (Wildman–Crippen MR) is 118 cm³/mol. The van der Waals surface area contributed by atoms with Crippen LogP contribution in [0.5, 0.6) is 0 Å². The smallest absolute Gasteiger partial charge is 0.254 e. The standard InChI is InChI=1S/C23H25FN4O3S/c24-17-11-10-16(15-21(17)32(30,31)27-12-4-1-5-13-27)23(29)28-14-6-9-20(28)22-25-18-7-2-3-8-19(18)26-22/h2-3,7-8,10-11,15,20H,1,4-6,9,12-14H2,(H,25,26)/t20-/m1/s1. The van der Waals surface area contributed by atoms with Crippen LogP contribution in [0, 0.1) is 5.82 Å². The summed E-state index contributed by atoms with van der Waals surface area (Å²) in [6.07, 6.45) is 4.04. The highest BCUT2D eigenvalue weighted by molar-refractivity contribution is 7.89. The summed E-state index contributed by atoms with van der Waals surface area (Å²) in [7, 11) is -3.99. The number of hydrogen-bond acceptors (Lipinski definition) is 4. The van der Waals surface area contributed by atoms with E-state index in [4.69, 9.17) is 0 Å². The molecule has 2 aromatic carbocycles. The third-order valence-electron chi connectivity index (χ3n) is 6.35. The normalized spacial score (nSPS) is 20.2. The van der Waals surface area contributed by atoms with Gasteiger partial charge in [0.05, 0.1) is 17.1 Å². The summed E-state index contributed by atoms with van der Waals surface area (Å²) >= 11 is 0. The van der Waals surface area contributed by atoms with E-state index in [1.165, 1.54) is 16.4 Å². The second kappa shape index (κ2) is 8.29. The summed E-state index contributed by atoms with van der Waals surface area (Å²) in [4.78, 5) is 22.6. The van der Waals surface area contributed by atoms with E-state index in [0.717, 1.165) is 49.2 Å². The highest BCUT2D eigenvalue weighted by Crippen LogP contribution is 2.33. The molecule has 1 atom stereocenters. The van der Waals surface area contributed by atoms with Gasteiger partial charge < -0.3 is 9.88 Å². The zero-order chi connectivity index (χ0) is 22.3. The monoisotopic (exact) mass is 456 g/mol. The highest BCUT2D eigenvalue weighted by atomic mass is 32.2. The predicted octanol–water partition coefficient (Wildman–Crippen LogP) is 3.85. The molecule has 2 aliphatic heterocycles. The number of rotatable bonds is 4. The van der Waals surface area contributed by atoms with Gasteiger partial charge in [-0.2, -0.15) is 4.31 Å². The van der Waals surface area contributed by atoms with Crippen LogP contribution in [0.1, 0.15) is 54.3 Å². The minimum Gasteiger partial charge on any atom is -0.340 e. The molecule has 0 spiro atoms. The Morgan fingerprint density at radius 1 is 1.03 bits per heavy atom. The molecule has 7 nitrogen and oxygen atoms in total. The van der Waals surface area contributed by atoms with E-state index < -0.39 is 20.7 Å². The van der Waals surface area contributed by atoms with E-state index in [9.17, 15) is 17.6 Å². The van der Waals surface area contributed by atoms with Gasteiger partial charge in [-0.25, -0.2) is 17.8 Å². The van der Waals surface area contributed by atoms with Crippen molar-refractivity contribution in [2.24, 2.45) is 0 Å². The molecule has 1 amide bonds. The maximum Gasteiger partial charge on any atom is 0.254 e. The van der Waals surface area contributed by atoms with E-state index in [1.54, 1.807) is 4.90 Å². The lowest BCUT2D eigenvalue weighted by Crippen LogP contribution is -2.36. The van der Waals surface area contributed by atoms with E-state index in [-0.39, 0.29) is 17.5 Å². The van der Waals surface area contributed by atoms with Gasteiger partial charge in [0, 0.05) is 25.2 Å².